The van der Waals surface area contributed by atoms with Crippen LogP contribution in [0.4, 0.5) is 0 Å². The Morgan fingerprint density at radius 2 is 1.92 bits per heavy atom. The molecule has 0 saturated heterocycles. The summed E-state index contributed by atoms with van der Waals surface area (Å²) in [6.45, 7) is 1.59. The average molecular weight is 592 g/mol. The lowest BCUT2D eigenvalue weighted by molar-refractivity contribution is -0.139. The molecule has 0 bridgehead atoms. The van der Waals surface area contributed by atoms with Gasteiger partial charge in [-0.15, -0.1) is 0 Å². The molecule has 0 aliphatic carbocycles. The highest BCUT2D eigenvalue weighted by atomic mass is 79.9. The maximum absolute atomic E-state index is 13.6. The molecule has 5 rings (SSSR count). The van der Waals surface area contributed by atoms with Crippen molar-refractivity contribution in [3.05, 3.63) is 81.1 Å². The minimum atomic E-state index is -1.12. The van der Waals surface area contributed by atoms with E-state index >= 15 is 0 Å². The van der Waals surface area contributed by atoms with Crippen LogP contribution in [0, 0.1) is 0 Å². The SMILES string of the molecule is CCOc1cc(C=Nn2c(-c3cc4c(OC)cccc4o3)nc3ccccc3c2=O)cc(Br)c1OCC(=O)O. The van der Waals surface area contributed by atoms with Crippen molar-refractivity contribution in [1.82, 2.24) is 9.66 Å². The summed E-state index contributed by atoms with van der Waals surface area (Å²) in [6.07, 6.45) is 1.47. The van der Waals surface area contributed by atoms with E-state index < -0.39 is 12.6 Å². The number of para-hydroxylation sites is 1. The molecule has 11 heteroatoms. The number of aromatic nitrogens is 2. The number of aliphatic carboxylic acids is 1. The summed E-state index contributed by atoms with van der Waals surface area (Å²) >= 11 is 3.41. The zero-order valence-corrected chi connectivity index (χ0v) is 22.5. The van der Waals surface area contributed by atoms with Crippen LogP contribution in [0.15, 0.2) is 79.4 Å². The molecular formula is C28H22BrN3O7. The number of carbonyl (C=O) groups is 1. The highest BCUT2D eigenvalue weighted by molar-refractivity contribution is 9.10. The van der Waals surface area contributed by atoms with Crippen molar-refractivity contribution in [2.75, 3.05) is 20.3 Å². The van der Waals surface area contributed by atoms with Gasteiger partial charge >= 0.3 is 5.97 Å². The molecule has 0 saturated carbocycles. The first kappa shape index (κ1) is 26.0. The van der Waals surface area contributed by atoms with Gasteiger partial charge in [-0.3, -0.25) is 4.79 Å². The van der Waals surface area contributed by atoms with Crippen molar-refractivity contribution in [2.45, 2.75) is 6.92 Å². The number of benzene rings is 3. The Bertz CT molecular complexity index is 1790. The minimum absolute atomic E-state index is 0.207. The van der Waals surface area contributed by atoms with Gasteiger partial charge in [-0.25, -0.2) is 9.78 Å². The van der Waals surface area contributed by atoms with Crippen LogP contribution in [0.5, 0.6) is 17.2 Å². The quantitative estimate of drug-likeness (QED) is 0.228. The van der Waals surface area contributed by atoms with Gasteiger partial charge in [0.1, 0.15) is 11.3 Å². The Hall–Kier alpha value is -4.64. The van der Waals surface area contributed by atoms with Crippen molar-refractivity contribution >= 4 is 50.0 Å². The fraction of sp³-hybridized carbons (Fsp3) is 0.143. The van der Waals surface area contributed by atoms with Crippen molar-refractivity contribution in [3.8, 4) is 28.8 Å². The first-order valence-electron chi connectivity index (χ1n) is 11.8. The molecule has 0 radical (unpaired) electrons. The van der Waals surface area contributed by atoms with Crippen LogP contribution >= 0.6 is 15.9 Å². The number of ether oxygens (including phenoxy) is 3. The molecule has 1 N–H and O–H groups in total. The number of rotatable bonds is 9. The molecule has 39 heavy (non-hydrogen) atoms. The van der Waals surface area contributed by atoms with Crippen LogP contribution in [0.2, 0.25) is 0 Å². The zero-order valence-electron chi connectivity index (χ0n) is 20.9. The first-order chi connectivity index (χ1) is 18.9. The fourth-order valence-electron chi connectivity index (χ4n) is 4.04. The zero-order chi connectivity index (χ0) is 27.5. The summed E-state index contributed by atoms with van der Waals surface area (Å²) in [4.78, 5) is 29.2. The third-order valence-electron chi connectivity index (χ3n) is 5.71. The van der Waals surface area contributed by atoms with E-state index in [1.165, 1.54) is 10.9 Å². The van der Waals surface area contributed by atoms with Gasteiger partial charge in [0.15, 0.2) is 23.9 Å². The van der Waals surface area contributed by atoms with Crippen molar-refractivity contribution in [1.29, 1.82) is 0 Å². The smallest absolute Gasteiger partial charge is 0.341 e. The third kappa shape index (κ3) is 5.21. The number of halogens is 1. The Labute approximate surface area is 230 Å². The number of nitrogens with zero attached hydrogens (tertiary/aromatic N) is 3. The Morgan fingerprint density at radius 1 is 1.10 bits per heavy atom. The van der Waals surface area contributed by atoms with Crippen molar-refractivity contribution in [2.24, 2.45) is 5.10 Å². The molecule has 0 aliphatic heterocycles. The number of hydrogen-bond donors (Lipinski definition) is 1. The molecule has 0 amide bonds. The van der Waals surface area contributed by atoms with E-state index in [4.69, 9.17) is 28.7 Å². The van der Waals surface area contributed by atoms with E-state index in [0.29, 0.717) is 50.4 Å². The molecule has 0 atom stereocenters. The topological polar surface area (TPSA) is 125 Å². The fourth-order valence-corrected chi connectivity index (χ4v) is 4.61. The Kier molecular flexibility index (Phi) is 7.33. The molecule has 0 aliphatic rings. The molecule has 2 aromatic heterocycles. The molecule has 0 fully saturated rings. The van der Waals surface area contributed by atoms with E-state index in [2.05, 4.69) is 21.0 Å². The lowest BCUT2D eigenvalue weighted by atomic mass is 10.2. The molecule has 2 heterocycles. The van der Waals surface area contributed by atoms with Crippen LogP contribution < -0.4 is 19.8 Å². The summed E-state index contributed by atoms with van der Waals surface area (Å²) in [5.74, 6) is 0.621. The van der Waals surface area contributed by atoms with Crippen LogP contribution in [0.3, 0.4) is 0 Å². The van der Waals surface area contributed by atoms with Gasteiger partial charge in [-0.1, -0.05) is 18.2 Å². The van der Waals surface area contributed by atoms with Gasteiger partial charge in [0.05, 0.1) is 40.7 Å². The number of carboxylic acid groups (broad SMARTS) is 1. The predicted molar refractivity (Wildman–Crippen MR) is 149 cm³/mol. The molecule has 3 aromatic carbocycles. The van der Waals surface area contributed by atoms with E-state index in [1.807, 2.05) is 12.1 Å². The average Bonchev–Trinajstić information content (AvgIpc) is 3.36. The summed E-state index contributed by atoms with van der Waals surface area (Å²) in [5.41, 5.74) is 1.25. The second-order valence-corrected chi connectivity index (χ2v) is 9.10. The summed E-state index contributed by atoms with van der Waals surface area (Å²) in [7, 11) is 1.57. The lowest BCUT2D eigenvalue weighted by Gasteiger charge is -2.13. The molecular weight excluding hydrogens is 570 g/mol. The number of carboxylic acids is 1. The molecule has 0 unspecified atom stereocenters. The van der Waals surface area contributed by atoms with E-state index in [9.17, 15) is 9.59 Å². The van der Waals surface area contributed by atoms with Gasteiger partial charge in [0, 0.05) is 0 Å². The molecule has 0 spiro atoms. The van der Waals surface area contributed by atoms with Gasteiger partial charge in [-0.05, 0) is 70.9 Å². The van der Waals surface area contributed by atoms with Gasteiger partial charge in [-0.2, -0.15) is 9.78 Å². The highest BCUT2D eigenvalue weighted by Gasteiger charge is 2.18. The lowest BCUT2D eigenvalue weighted by Crippen LogP contribution is -2.20. The highest BCUT2D eigenvalue weighted by Crippen LogP contribution is 2.37. The van der Waals surface area contributed by atoms with Crippen LogP contribution in [-0.4, -0.2) is 47.3 Å². The van der Waals surface area contributed by atoms with Gasteiger partial charge in [0.25, 0.3) is 5.56 Å². The molecule has 5 aromatic rings. The molecule has 10 nitrogen and oxygen atoms in total. The van der Waals surface area contributed by atoms with Crippen molar-refractivity contribution in [3.63, 3.8) is 0 Å². The number of furan rings is 1. The minimum Gasteiger partial charge on any atom is -0.496 e. The van der Waals surface area contributed by atoms with Crippen LogP contribution in [0.1, 0.15) is 12.5 Å². The van der Waals surface area contributed by atoms with Gasteiger partial charge < -0.3 is 23.7 Å². The third-order valence-corrected chi connectivity index (χ3v) is 6.30. The van der Waals surface area contributed by atoms with E-state index in [1.54, 1.807) is 62.6 Å². The Balaban J connectivity index is 1.64. The molecule has 198 valence electrons. The number of hydrogen-bond acceptors (Lipinski definition) is 8. The standard InChI is InChI=1S/C28H22BrN3O7/c1-3-37-23-12-16(11-19(29)26(23)38-15-25(33)34)14-30-32-27(31-20-8-5-4-7-17(20)28(32)35)24-13-18-21(36-2)9-6-10-22(18)39-24/h4-14H,3,15H2,1-2H3,(H,33,34). The largest absolute Gasteiger partial charge is 0.496 e. The van der Waals surface area contributed by atoms with Crippen LogP contribution in [0.25, 0.3) is 33.5 Å². The Morgan fingerprint density at radius 3 is 2.69 bits per heavy atom. The predicted octanol–water partition coefficient (Wildman–Crippen LogP) is 5.33. The monoisotopic (exact) mass is 591 g/mol. The van der Waals surface area contributed by atoms with Crippen molar-refractivity contribution < 1.29 is 28.5 Å². The maximum atomic E-state index is 13.6. The summed E-state index contributed by atoms with van der Waals surface area (Å²) in [6, 6.07) is 17.5. The summed E-state index contributed by atoms with van der Waals surface area (Å²) in [5, 5.41) is 14.6. The first-order valence-corrected chi connectivity index (χ1v) is 12.6. The second-order valence-electron chi connectivity index (χ2n) is 8.24. The van der Waals surface area contributed by atoms with Gasteiger partial charge in [0.2, 0.25) is 5.82 Å². The number of methoxy groups -OCH3 is 1. The normalized spacial score (nSPS) is 11.4. The number of fused-ring (bicyclic) bond motifs is 2. The summed E-state index contributed by atoms with van der Waals surface area (Å²) < 4.78 is 24.2. The van der Waals surface area contributed by atoms with E-state index in [0.717, 1.165) is 5.39 Å². The maximum Gasteiger partial charge on any atom is 0.341 e. The van der Waals surface area contributed by atoms with E-state index in [-0.39, 0.29) is 17.1 Å². The van der Waals surface area contributed by atoms with Crippen LogP contribution in [-0.2, 0) is 4.79 Å². The second kappa shape index (κ2) is 11.0.